The van der Waals surface area contributed by atoms with Gasteiger partial charge < -0.3 is 0 Å². The maximum atomic E-state index is 12.5. The molecule has 0 N–H and O–H groups in total. The fraction of sp³-hybridized carbons (Fsp3) is 0.0625. The molecule has 0 aromatic heterocycles. The van der Waals surface area contributed by atoms with E-state index in [0.717, 1.165) is 23.3 Å². The van der Waals surface area contributed by atoms with Gasteiger partial charge in [0.2, 0.25) is 0 Å². The molecule has 0 bridgehead atoms. The monoisotopic (exact) mass is 276 g/mol. The minimum Gasteiger partial charge on any atom is -0.299 e. The second-order valence-electron chi connectivity index (χ2n) is 4.16. The number of rotatable bonds is 3. The van der Waals surface area contributed by atoms with Crippen molar-refractivity contribution >= 4 is 12.4 Å². The van der Waals surface area contributed by atoms with E-state index in [9.17, 15) is 18.0 Å². The summed E-state index contributed by atoms with van der Waals surface area (Å²) >= 11 is 0. The SMILES string of the molecule is O=C/C=C/c1ccccc1-c1ccc(C(F)(F)F)cc1. The van der Waals surface area contributed by atoms with Crippen LogP contribution in [0.3, 0.4) is 0 Å². The van der Waals surface area contributed by atoms with Crippen LogP contribution >= 0.6 is 0 Å². The summed E-state index contributed by atoms with van der Waals surface area (Å²) in [5.74, 6) is 0. The van der Waals surface area contributed by atoms with Gasteiger partial charge in [-0.2, -0.15) is 13.2 Å². The molecular weight excluding hydrogens is 265 g/mol. The standard InChI is InChI=1S/C16H11F3O/c17-16(18,19)14-9-7-13(8-10-14)15-6-2-1-4-12(15)5-3-11-20/h1-11H/b5-3+. The van der Waals surface area contributed by atoms with Crippen molar-refractivity contribution in [2.45, 2.75) is 6.18 Å². The van der Waals surface area contributed by atoms with Gasteiger partial charge in [0.25, 0.3) is 0 Å². The van der Waals surface area contributed by atoms with Crippen LogP contribution in [0.4, 0.5) is 13.2 Å². The van der Waals surface area contributed by atoms with Crippen LogP contribution in [0.2, 0.25) is 0 Å². The Balaban J connectivity index is 2.42. The van der Waals surface area contributed by atoms with E-state index in [1.165, 1.54) is 18.2 Å². The van der Waals surface area contributed by atoms with Crippen LogP contribution in [0.25, 0.3) is 17.2 Å². The summed E-state index contributed by atoms with van der Waals surface area (Å²) in [6.45, 7) is 0. The molecule has 0 atom stereocenters. The normalized spacial score (nSPS) is 11.8. The number of carbonyl (C=O) groups excluding carboxylic acids is 1. The molecule has 0 saturated carbocycles. The highest BCUT2D eigenvalue weighted by molar-refractivity contribution is 5.81. The summed E-state index contributed by atoms with van der Waals surface area (Å²) in [6.07, 6.45) is -0.706. The summed E-state index contributed by atoms with van der Waals surface area (Å²) in [5.41, 5.74) is 1.55. The van der Waals surface area contributed by atoms with Crippen LogP contribution < -0.4 is 0 Å². The molecule has 0 heterocycles. The van der Waals surface area contributed by atoms with Gasteiger partial charge in [-0.25, -0.2) is 0 Å². The van der Waals surface area contributed by atoms with Crippen LogP contribution in [-0.2, 0) is 11.0 Å². The van der Waals surface area contributed by atoms with E-state index in [1.807, 2.05) is 0 Å². The van der Waals surface area contributed by atoms with Gasteiger partial charge >= 0.3 is 6.18 Å². The van der Waals surface area contributed by atoms with E-state index in [4.69, 9.17) is 0 Å². The predicted molar refractivity (Wildman–Crippen MR) is 72.0 cm³/mol. The van der Waals surface area contributed by atoms with E-state index in [-0.39, 0.29) is 0 Å². The Kier molecular flexibility index (Phi) is 4.03. The van der Waals surface area contributed by atoms with Crippen molar-refractivity contribution in [3.8, 4) is 11.1 Å². The number of carbonyl (C=O) groups is 1. The molecule has 0 aliphatic rings. The molecular formula is C16H11F3O. The lowest BCUT2D eigenvalue weighted by atomic mass is 9.98. The largest absolute Gasteiger partial charge is 0.416 e. The van der Waals surface area contributed by atoms with Crippen molar-refractivity contribution in [3.05, 3.63) is 65.7 Å². The zero-order chi connectivity index (χ0) is 14.6. The number of halogens is 3. The van der Waals surface area contributed by atoms with Crippen molar-refractivity contribution < 1.29 is 18.0 Å². The first-order valence-corrected chi connectivity index (χ1v) is 5.91. The molecule has 0 saturated heterocycles. The molecule has 2 aromatic rings. The average molecular weight is 276 g/mol. The molecule has 0 aliphatic carbocycles. The smallest absolute Gasteiger partial charge is 0.299 e. The van der Waals surface area contributed by atoms with Gasteiger partial charge in [0.15, 0.2) is 0 Å². The quantitative estimate of drug-likeness (QED) is 0.592. The van der Waals surface area contributed by atoms with E-state index < -0.39 is 11.7 Å². The Morgan fingerprint density at radius 2 is 1.55 bits per heavy atom. The zero-order valence-electron chi connectivity index (χ0n) is 10.4. The number of aldehydes is 1. The molecule has 20 heavy (non-hydrogen) atoms. The Morgan fingerprint density at radius 1 is 0.900 bits per heavy atom. The van der Waals surface area contributed by atoms with Crippen molar-refractivity contribution in [2.75, 3.05) is 0 Å². The third-order valence-electron chi connectivity index (χ3n) is 2.84. The van der Waals surface area contributed by atoms with Gasteiger partial charge in [0.1, 0.15) is 6.29 Å². The van der Waals surface area contributed by atoms with Gasteiger partial charge in [-0.1, -0.05) is 42.5 Å². The number of allylic oxidation sites excluding steroid dienone is 1. The Bertz CT molecular complexity index is 625. The lowest BCUT2D eigenvalue weighted by molar-refractivity contribution is -0.137. The van der Waals surface area contributed by atoms with Crippen LogP contribution in [0, 0.1) is 0 Å². The molecule has 0 radical (unpaired) electrons. The van der Waals surface area contributed by atoms with Crippen LogP contribution in [0.1, 0.15) is 11.1 Å². The summed E-state index contributed by atoms with van der Waals surface area (Å²) in [7, 11) is 0. The number of hydrogen-bond donors (Lipinski definition) is 0. The summed E-state index contributed by atoms with van der Waals surface area (Å²) in [5, 5.41) is 0. The van der Waals surface area contributed by atoms with Gasteiger partial charge in [-0.15, -0.1) is 0 Å². The van der Waals surface area contributed by atoms with Crippen LogP contribution in [0.15, 0.2) is 54.6 Å². The molecule has 0 aliphatic heterocycles. The third-order valence-corrected chi connectivity index (χ3v) is 2.84. The maximum absolute atomic E-state index is 12.5. The highest BCUT2D eigenvalue weighted by Crippen LogP contribution is 2.32. The molecule has 2 rings (SSSR count). The second kappa shape index (κ2) is 5.74. The zero-order valence-corrected chi connectivity index (χ0v) is 10.4. The Morgan fingerprint density at radius 3 is 2.15 bits per heavy atom. The second-order valence-corrected chi connectivity index (χ2v) is 4.16. The van der Waals surface area contributed by atoms with Gasteiger partial charge in [0, 0.05) is 0 Å². The number of benzene rings is 2. The minimum atomic E-state index is -4.34. The lowest BCUT2D eigenvalue weighted by Crippen LogP contribution is -2.04. The lowest BCUT2D eigenvalue weighted by Gasteiger charge is -2.09. The van der Waals surface area contributed by atoms with Gasteiger partial charge in [-0.3, -0.25) is 4.79 Å². The topological polar surface area (TPSA) is 17.1 Å². The maximum Gasteiger partial charge on any atom is 0.416 e. The molecule has 0 amide bonds. The summed E-state index contributed by atoms with van der Waals surface area (Å²) < 4.78 is 37.6. The van der Waals surface area contributed by atoms with E-state index in [1.54, 1.807) is 30.3 Å². The first-order chi connectivity index (χ1) is 9.52. The average Bonchev–Trinajstić information content (AvgIpc) is 2.45. The van der Waals surface area contributed by atoms with E-state index in [2.05, 4.69) is 0 Å². The van der Waals surface area contributed by atoms with Crippen LogP contribution in [-0.4, -0.2) is 6.29 Å². The molecule has 1 nitrogen and oxygen atoms in total. The van der Waals surface area contributed by atoms with Gasteiger partial charge in [0.05, 0.1) is 5.56 Å². The predicted octanol–water partition coefficient (Wildman–Crippen LogP) is 4.58. The van der Waals surface area contributed by atoms with E-state index >= 15 is 0 Å². The molecule has 0 fully saturated rings. The van der Waals surface area contributed by atoms with Crippen molar-refractivity contribution in [1.82, 2.24) is 0 Å². The molecule has 4 heteroatoms. The fourth-order valence-electron chi connectivity index (χ4n) is 1.89. The fourth-order valence-corrected chi connectivity index (χ4v) is 1.89. The van der Waals surface area contributed by atoms with Crippen molar-refractivity contribution in [1.29, 1.82) is 0 Å². The minimum absolute atomic E-state index is 0.656. The highest BCUT2D eigenvalue weighted by Gasteiger charge is 2.29. The number of alkyl halides is 3. The first-order valence-electron chi connectivity index (χ1n) is 5.91. The van der Waals surface area contributed by atoms with E-state index in [0.29, 0.717) is 11.8 Å². The molecule has 102 valence electrons. The Labute approximate surface area is 114 Å². The molecule has 2 aromatic carbocycles. The summed E-state index contributed by atoms with van der Waals surface area (Å²) in [6, 6.07) is 12.2. The third kappa shape index (κ3) is 3.15. The molecule has 0 spiro atoms. The summed E-state index contributed by atoms with van der Waals surface area (Å²) in [4.78, 5) is 10.4. The van der Waals surface area contributed by atoms with Crippen molar-refractivity contribution in [3.63, 3.8) is 0 Å². The highest BCUT2D eigenvalue weighted by atomic mass is 19.4. The number of hydrogen-bond acceptors (Lipinski definition) is 1. The molecule has 0 unspecified atom stereocenters. The van der Waals surface area contributed by atoms with Crippen LogP contribution in [0.5, 0.6) is 0 Å². The first kappa shape index (κ1) is 14.1. The Hall–Kier alpha value is -2.36. The van der Waals surface area contributed by atoms with Crippen molar-refractivity contribution in [2.24, 2.45) is 0 Å². The van der Waals surface area contributed by atoms with Gasteiger partial charge in [-0.05, 0) is 34.9 Å².